The molecule has 0 saturated heterocycles. The van der Waals surface area contributed by atoms with E-state index in [1.165, 1.54) is 24.3 Å². The molecule has 30 heavy (non-hydrogen) atoms. The van der Waals surface area contributed by atoms with Gasteiger partial charge in [-0.05, 0) is 19.1 Å². The Morgan fingerprint density at radius 3 is 2.10 bits per heavy atom. The van der Waals surface area contributed by atoms with Crippen LogP contribution in [0.2, 0.25) is 0 Å². The van der Waals surface area contributed by atoms with Crippen LogP contribution >= 0.6 is 0 Å². The third kappa shape index (κ3) is 3.84. The third-order valence-corrected chi connectivity index (χ3v) is 3.92. The van der Waals surface area contributed by atoms with E-state index in [0.717, 1.165) is 6.92 Å². The van der Waals surface area contributed by atoms with Gasteiger partial charge in [0.15, 0.2) is 11.6 Å². The number of carbonyl (C=O) groups is 1. The standard InChI is InChI=1S/C18H10F7N3O2/c1-8-14(28-16(30-8)17(21,22)18(23,24)25)9-2-4-10(5-3-9)27-15(29)13-11(19)6-26-7-12(13)20/h2-7H,1H3,(H,27,29). The molecule has 0 spiro atoms. The zero-order chi connectivity index (χ0) is 22.3. The Morgan fingerprint density at radius 2 is 1.57 bits per heavy atom. The number of amides is 1. The molecule has 1 N–H and O–H groups in total. The molecule has 0 aliphatic carbocycles. The lowest BCUT2D eigenvalue weighted by molar-refractivity contribution is -0.297. The average Bonchev–Trinajstić information content (AvgIpc) is 3.04. The van der Waals surface area contributed by atoms with E-state index in [9.17, 15) is 35.5 Å². The van der Waals surface area contributed by atoms with Crippen LogP contribution in [-0.2, 0) is 5.92 Å². The molecular formula is C18H10F7N3O2. The van der Waals surface area contributed by atoms with Gasteiger partial charge in [0.1, 0.15) is 17.0 Å². The van der Waals surface area contributed by atoms with E-state index < -0.39 is 41.1 Å². The lowest BCUT2D eigenvalue weighted by Crippen LogP contribution is -2.33. The first-order chi connectivity index (χ1) is 13.9. The monoisotopic (exact) mass is 433 g/mol. The summed E-state index contributed by atoms with van der Waals surface area (Å²) in [5.41, 5.74) is -0.945. The fourth-order valence-electron chi connectivity index (χ4n) is 2.45. The first kappa shape index (κ1) is 21.3. The van der Waals surface area contributed by atoms with E-state index in [0.29, 0.717) is 12.4 Å². The zero-order valence-electron chi connectivity index (χ0n) is 14.8. The summed E-state index contributed by atoms with van der Waals surface area (Å²) < 4.78 is 96.0. The Kier molecular flexibility index (Phi) is 5.27. The summed E-state index contributed by atoms with van der Waals surface area (Å²) in [4.78, 5) is 18.5. The second-order valence-electron chi connectivity index (χ2n) is 6.01. The fraction of sp³-hybridized carbons (Fsp3) is 0.167. The molecule has 0 aliphatic rings. The van der Waals surface area contributed by atoms with E-state index in [1.54, 1.807) is 0 Å². The number of aromatic nitrogens is 2. The third-order valence-electron chi connectivity index (χ3n) is 3.92. The molecule has 2 aromatic heterocycles. The minimum atomic E-state index is -5.88. The predicted octanol–water partition coefficient (Wildman–Crippen LogP) is 5.23. The van der Waals surface area contributed by atoms with Crippen LogP contribution in [0.15, 0.2) is 41.1 Å². The van der Waals surface area contributed by atoms with Crippen LogP contribution in [0.4, 0.5) is 36.4 Å². The van der Waals surface area contributed by atoms with Crippen molar-refractivity contribution in [3.05, 3.63) is 65.5 Å². The lowest BCUT2D eigenvalue weighted by atomic mass is 10.1. The molecular weight excluding hydrogens is 423 g/mol. The van der Waals surface area contributed by atoms with Gasteiger partial charge >= 0.3 is 12.1 Å². The van der Waals surface area contributed by atoms with Crippen LogP contribution in [0.3, 0.4) is 0 Å². The Bertz CT molecular complexity index is 1070. The minimum absolute atomic E-state index is 0.0707. The Hall–Kier alpha value is -3.44. The van der Waals surface area contributed by atoms with Gasteiger partial charge in [0.2, 0.25) is 0 Å². The number of benzene rings is 1. The molecule has 158 valence electrons. The highest BCUT2D eigenvalue weighted by Gasteiger charge is 2.62. The Balaban J connectivity index is 1.84. The van der Waals surface area contributed by atoms with Gasteiger partial charge in [-0.3, -0.25) is 9.78 Å². The van der Waals surface area contributed by atoms with Crippen molar-refractivity contribution in [3.63, 3.8) is 0 Å². The van der Waals surface area contributed by atoms with E-state index in [2.05, 4.69) is 19.7 Å². The summed E-state index contributed by atoms with van der Waals surface area (Å²) in [5.74, 6) is -10.8. The maximum absolute atomic E-state index is 13.6. The minimum Gasteiger partial charge on any atom is -0.440 e. The van der Waals surface area contributed by atoms with Crippen LogP contribution in [-0.4, -0.2) is 22.1 Å². The summed E-state index contributed by atoms with van der Waals surface area (Å²) in [6.45, 7) is 1.16. The van der Waals surface area contributed by atoms with Crippen molar-refractivity contribution in [2.75, 3.05) is 5.32 Å². The van der Waals surface area contributed by atoms with Crippen LogP contribution in [0.5, 0.6) is 0 Å². The number of alkyl halides is 5. The van der Waals surface area contributed by atoms with Crippen molar-refractivity contribution >= 4 is 11.6 Å². The SMILES string of the molecule is Cc1oc(C(F)(F)C(F)(F)F)nc1-c1ccc(NC(=O)c2c(F)cncc2F)cc1. The van der Waals surface area contributed by atoms with Gasteiger partial charge in [0.25, 0.3) is 11.8 Å². The number of carbonyl (C=O) groups excluding carboxylic acids is 1. The van der Waals surface area contributed by atoms with E-state index in [1.807, 2.05) is 0 Å². The van der Waals surface area contributed by atoms with Gasteiger partial charge in [-0.25, -0.2) is 13.8 Å². The van der Waals surface area contributed by atoms with Crippen molar-refractivity contribution in [2.45, 2.75) is 19.0 Å². The highest BCUT2D eigenvalue weighted by Crippen LogP contribution is 2.44. The molecule has 0 bridgehead atoms. The lowest BCUT2D eigenvalue weighted by Gasteiger charge is -2.15. The quantitative estimate of drug-likeness (QED) is 0.573. The normalized spacial score (nSPS) is 12.1. The molecule has 12 heteroatoms. The number of rotatable bonds is 4. The highest BCUT2D eigenvalue weighted by atomic mass is 19.4. The largest absolute Gasteiger partial charge is 0.463 e. The maximum atomic E-state index is 13.6. The molecule has 1 aromatic carbocycles. The second kappa shape index (κ2) is 7.43. The second-order valence-corrected chi connectivity index (χ2v) is 6.01. The number of anilines is 1. The number of pyridine rings is 1. The molecule has 0 radical (unpaired) electrons. The number of hydrogen-bond acceptors (Lipinski definition) is 4. The van der Waals surface area contributed by atoms with E-state index in [-0.39, 0.29) is 22.7 Å². The number of halogens is 7. The van der Waals surface area contributed by atoms with Crippen LogP contribution in [0, 0.1) is 18.6 Å². The smallest absolute Gasteiger partial charge is 0.440 e. The zero-order valence-corrected chi connectivity index (χ0v) is 14.8. The number of oxazole rings is 1. The van der Waals surface area contributed by atoms with Gasteiger partial charge in [-0.15, -0.1) is 0 Å². The van der Waals surface area contributed by atoms with Gasteiger partial charge in [-0.2, -0.15) is 22.0 Å². The summed E-state index contributed by atoms with van der Waals surface area (Å²) in [6.07, 6.45) is -4.57. The number of hydrogen-bond donors (Lipinski definition) is 1. The first-order valence-electron chi connectivity index (χ1n) is 8.05. The van der Waals surface area contributed by atoms with Crippen LogP contribution < -0.4 is 5.32 Å². The number of aryl methyl sites for hydroxylation is 1. The van der Waals surface area contributed by atoms with Crippen molar-refractivity contribution in [1.82, 2.24) is 9.97 Å². The topological polar surface area (TPSA) is 68.0 Å². The molecule has 0 saturated carbocycles. The maximum Gasteiger partial charge on any atom is 0.463 e. The summed E-state index contributed by atoms with van der Waals surface area (Å²) in [6, 6.07) is 4.96. The van der Waals surface area contributed by atoms with Gasteiger partial charge in [-0.1, -0.05) is 12.1 Å². The molecule has 3 aromatic rings. The molecule has 3 rings (SSSR count). The highest BCUT2D eigenvalue weighted by molar-refractivity contribution is 6.04. The van der Waals surface area contributed by atoms with Gasteiger partial charge in [0.05, 0.1) is 12.4 Å². The molecule has 0 aliphatic heterocycles. The Labute approximate surface area is 163 Å². The predicted molar refractivity (Wildman–Crippen MR) is 88.7 cm³/mol. The summed E-state index contributed by atoms with van der Waals surface area (Å²) in [5, 5.41) is 2.22. The van der Waals surface area contributed by atoms with Gasteiger partial charge in [0, 0.05) is 11.3 Å². The van der Waals surface area contributed by atoms with Crippen molar-refractivity contribution in [2.24, 2.45) is 0 Å². The average molecular weight is 433 g/mol. The number of nitrogens with one attached hydrogen (secondary N) is 1. The van der Waals surface area contributed by atoms with Crippen molar-refractivity contribution in [1.29, 1.82) is 0 Å². The van der Waals surface area contributed by atoms with E-state index >= 15 is 0 Å². The number of nitrogens with zero attached hydrogens (tertiary/aromatic N) is 2. The molecule has 1 amide bonds. The molecule has 5 nitrogen and oxygen atoms in total. The molecule has 0 fully saturated rings. The van der Waals surface area contributed by atoms with Crippen molar-refractivity contribution < 1.29 is 39.9 Å². The summed E-state index contributed by atoms with van der Waals surface area (Å²) >= 11 is 0. The molecule has 0 unspecified atom stereocenters. The van der Waals surface area contributed by atoms with Crippen LogP contribution in [0.25, 0.3) is 11.3 Å². The molecule has 2 heterocycles. The van der Waals surface area contributed by atoms with Gasteiger partial charge < -0.3 is 9.73 Å². The fourth-order valence-corrected chi connectivity index (χ4v) is 2.45. The first-order valence-corrected chi connectivity index (χ1v) is 8.05. The van der Waals surface area contributed by atoms with Crippen LogP contribution in [0.1, 0.15) is 22.0 Å². The Morgan fingerprint density at radius 1 is 1.00 bits per heavy atom. The molecule has 0 atom stereocenters. The van der Waals surface area contributed by atoms with Crippen molar-refractivity contribution in [3.8, 4) is 11.3 Å². The summed E-state index contributed by atoms with van der Waals surface area (Å²) in [7, 11) is 0. The van der Waals surface area contributed by atoms with E-state index in [4.69, 9.17) is 0 Å².